The van der Waals surface area contributed by atoms with Crippen LogP contribution in [-0.4, -0.2) is 17.3 Å². The van der Waals surface area contributed by atoms with Gasteiger partial charge in [-0.25, -0.2) is 0 Å². The first-order valence-corrected chi connectivity index (χ1v) is 7.83. The molecule has 3 nitrogen and oxygen atoms in total. The Morgan fingerprint density at radius 1 is 0.909 bits per heavy atom. The number of aliphatic hydroxyl groups is 2. The van der Waals surface area contributed by atoms with Crippen LogP contribution in [0.3, 0.4) is 0 Å². The van der Waals surface area contributed by atoms with Crippen molar-refractivity contribution in [1.29, 1.82) is 0 Å². The second kappa shape index (κ2) is 3.73. The highest BCUT2D eigenvalue weighted by atomic mass is 16.5. The molecule has 0 bridgehead atoms. The van der Waals surface area contributed by atoms with Gasteiger partial charge in [0.2, 0.25) is 0 Å². The van der Waals surface area contributed by atoms with Crippen LogP contribution in [0.2, 0.25) is 0 Å². The van der Waals surface area contributed by atoms with E-state index in [0.29, 0.717) is 12.8 Å². The van der Waals surface area contributed by atoms with E-state index in [1.165, 1.54) is 5.56 Å². The first-order valence-electron chi connectivity index (χ1n) is 7.83. The van der Waals surface area contributed by atoms with E-state index in [1.807, 2.05) is 30.3 Å². The maximum atomic E-state index is 11.3. The molecule has 2 N–H and O–H groups in total. The van der Waals surface area contributed by atoms with E-state index in [9.17, 15) is 10.2 Å². The number of rotatable bonds is 1. The number of hydrogen-bond donors (Lipinski definition) is 2. The van der Waals surface area contributed by atoms with Crippen molar-refractivity contribution in [1.82, 2.24) is 0 Å². The predicted molar refractivity (Wildman–Crippen MR) is 81.9 cm³/mol. The lowest BCUT2D eigenvalue weighted by Crippen LogP contribution is -2.60. The summed E-state index contributed by atoms with van der Waals surface area (Å²) in [5.41, 5.74) is 2.62. The van der Waals surface area contributed by atoms with E-state index < -0.39 is 11.2 Å². The molecule has 112 valence electrons. The third-order valence-corrected chi connectivity index (χ3v) is 6.06. The van der Waals surface area contributed by atoms with Crippen molar-refractivity contribution in [2.45, 2.75) is 35.9 Å². The molecule has 3 aliphatic carbocycles. The fourth-order valence-corrected chi connectivity index (χ4v) is 5.15. The van der Waals surface area contributed by atoms with Crippen molar-refractivity contribution >= 4 is 0 Å². The minimum Gasteiger partial charge on any atom is -0.496 e. The second-order valence-electron chi connectivity index (χ2n) is 6.82. The van der Waals surface area contributed by atoms with Gasteiger partial charge in [0.25, 0.3) is 0 Å². The summed E-state index contributed by atoms with van der Waals surface area (Å²) in [5.74, 6) is 0.711. The first kappa shape index (κ1) is 12.7. The van der Waals surface area contributed by atoms with Crippen LogP contribution >= 0.6 is 0 Å². The molecular formula is C19H18O3. The van der Waals surface area contributed by atoms with Crippen LogP contribution in [0.5, 0.6) is 5.75 Å². The lowest BCUT2D eigenvalue weighted by atomic mass is 9.43. The molecule has 3 aliphatic rings. The topological polar surface area (TPSA) is 49.7 Å². The third-order valence-electron chi connectivity index (χ3n) is 6.06. The Morgan fingerprint density at radius 3 is 2.41 bits per heavy atom. The minimum atomic E-state index is -0.869. The molecule has 1 fully saturated rings. The Kier molecular flexibility index (Phi) is 2.15. The number of ether oxygens (including phenoxy) is 1. The van der Waals surface area contributed by atoms with E-state index in [-0.39, 0.29) is 11.8 Å². The second-order valence-corrected chi connectivity index (χ2v) is 6.82. The van der Waals surface area contributed by atoms with Crippen LogP contribution < -0.4 is 4.74 Å². The molecule has 5 rings (SSSR count). The van der Waals surface area contributed by atoms with Crippen LogP contribution in [0.1, 0.15) is 46.9 Å². The molecule has 2 aromatic rings. The van der Waals surface area contributed by atoms with Crippen LogP contribution in [-0.2, 0) is 11.2 Å². The fourth-order valence-electron chi connectivity index (χ4n) is 5.15. The van der Waals surface area contributed by atoms with E-state index >= 15 is 0 Å². The summed E-state index contributed by atoms with van der Waals surface area (Å²) in [5, 5.41) is 22.4. The zero-order valence-corrected chi connectivity index (χ0v) is 12.4. The Hall–Kier alpha value is -1.84. The lowest BCUT2D eigenvalue weighted by Gasteiger charge is -2.64. The third kappa shape index (κ3) is 1.15. The monoisotopic (exact) mass is 294 g/mol. The summed E-state index contributed by atoms with van der Waals surface area (Å²) in [6, 6.07) is 14.0. The van der Waals surface area contributed by atoms with Gasteiger partial charge in [-0.15, -0.1) is 0 Å². The molecule has 0 spiro atoms. The number of hydrogen-bond acceptors (Lipinski definition) is 3. The molecule has 0 saturated heterocycles. The van der Waals surface area contributed by atoms with Crippen molar-refractivity contribution in [3.05, 3.63) is 64.7 Å². The molecule has 2 unspecified atom stereocenters. The van der Waals surface area contributed by atoms with Crippen molar-refractivity contribution in [2.75, 3.05) is 7.11 Å². The van der Waals surface area contributed by atoms with E-state index in [2.05, 4.69) is 12.1 Å². The van der Waals surface area contributed by atoms with Gasteiger partial charge in [-0.05, 0) is 35.6 Å². The summed E-state index contributed by atoms with van der Waals surface area (Å²) in [6.45, 7) is 0. The molecule has 3 heteroatoms. The predicted octanol–water partition coefficient (Wildman–Crippen LogP) is 2.76. The highest BCUT2D eigenvalue weighted by Crippen LogP contribution is 2.72. The lowest BCUT2D eigenvalue weighted by molar-refractivity contribution is -0.156. The van der Waals surface area contributed by atoms with E-state index in [4.69, 9.17) is 4.74 Å². The van der Waals surface area contributed by atoms with Gasteiger partial charge in [-0.1, -0.05) is 36.4 Å². The molecule has 4 atom stereocenters. The number of fused-ring (bicyclic) bond motifs is 9. The highest BCUT2D eigenvalue weighted by Gasteiger charge is 2.68. The summed E-state index contributed by atoms with van der Waals surface area (Å²) in [4.78, 5) is 0. The largest absolute Gasteiger partial charge is 0.496 e. The molecule has 0 aromatic heterocycles. The maximum absolute atomic E-state index is 11.3. The van der Waals surface area contributed by atoms with Crippen molar-refractivity contribution in [3.8, 4) is 5.75 Å². The molecule has 0 aliphatic heterocycles. The Balaban J connectivity index is 1.71. The van der Waals surface area contributed by atoms with Gasteiger partial charge in [-0.2, -0.15) is 0 Å². The van der Waals surface area contributed by atoms with Crippen LogP contribution in [0.25, 0.3) is 0 Å². The van der Waals surface area contributed by atoms with Gasteiger partial charge in [0, 0.05) is 17.4 Å². The average molecular weight is 294 g/mol. The number of methoxy groups -OCH3 is 1. The molecule has 0 heterocycles. The first-order chi connectivity index (χ1) is 10.6. The van der Waals surface area contributed by atoms with E-state index in [1.54, 1.807) is 7.11 Å². The molecule has 1 saturated carbocycles. The molecule has 0 amide bonds. The molecular weight excluding hydrogens is 276 g/mol. The average Bonchev–Trinajstić information content (AvgIpc) is 2.55. The molecule has 22 heavy (non-hydrogen) atoms. The summed E-state index contributed by atoms with van der Waals surface area (Å²) >= 11 is 0. The quantitative estimate of drug-likeness (QED) is 0.850. The standard InChI is InChI=1S/C19H18O3/c1-22-14-8-4-6-12-15(14)19(21)10-9-18(20)13-7-3-2-5-11(13)16(18)17(12)19/h2-8,16-17,20-21H,9-10H2,1H3/t16-,17?,18+,19?/m1/s1. The van der Waals surface area contributed by atoms with Crippen LogP contribution in [0.4, 0.5) is 0 Å². The minimum absolute atomic E-state index is 0.0120. The van der Waals surface area contributed by atoms with Crippen molar-refractivity contribution in [3.63, 3.8) is 0 Å². The van der Waals surface area contributed by atoms with Crippen molar-refractivity contribution in [2.24, 2.45) is 0 Å². The van der Waals surface area contributed by atoms with Gasteiger partial charge in [0.15, 0.2) is 0 Å². The van der Waals surface area contributed by atoms with E-state index in [0.717, 1.165) is 22.4 Å². The summed E-state index contributed by atoms with van der Waals surface area (Å²) in [7, 11) is 1.64. The fraction of sp³-hybridized carbons (Fsp3) is 0.368. The Bertz CT molecular complexity index is 799. The van der Waals surface area contributed by atoms with Gasteiger partial charge in [0.1, 0.15) is 11.4 Å². The smallest absolute Gasteiger partial charge is 0.125 e. The van der Waals surface area contributed by atoms with Crippen molar-refractivity contribution < 1.29 is 14.9 Å². The SMILES string of the molecule is COc1cccc2c1C1(O)CC[C@]3(O)c4ccccc4[C@@H]3C21. The highest BCUT2D eigenvalue weighted by molar-refractivity contribution is 5.63. The van der Waals surface area contributed by atoms with Gasteiger partial charge in [0.05, 0.1) is 12.7 Å². The molecule has 0 radical (unpaired) electrons. The van der Waals surface area contributed by atoms with Crippen LogP contribution in [0.15, 0.2) is 42.5 Å². The summed E-state index contributed by atoms with van der Waals surface area (Å²) in [6.07, 6.45) is 1.17. The Morgan fingerprint density at radius 2 is 1.59 bits per heavy atom. The van der Waals surface area contributed by atoms with Gasteiger partial charge < -0.3 is 14.9 Å². The molecule has 2 aromatic carbocycles. The normalized spacial score (nSPS) is 36.9. The zero-order valence-electron chi connectivity index (χ0n) is 12.4. The van der Waals surface area contributed by atoms with Gasteiger partial charge >= 0.3 is 0 Å². The summed E-state index contributed by atoms with van der Waals surface area (Å²) < 4.78 is 5.44. The number of benzene rings is 2. The van der Waals surface area contributed by atoms with Gasteiger partial charge in [-0.3, -0.25) is 0 Å². The maximum Gasteiger partial charge on any atom is 0.125 e. The zero-order chi connectivity index (χ0) is 15.1. The van der Waals surface area contributed by atoms with Crippen LogP contribution in [0, 0.1) is 0 Å². The Labute approximate surface area is 129 Å².